The molecule has 0 N–H and O–H groups in total. The number of rotatable bonds is 6. The highest BCUT2D eigenvalue weighted by molar-refractivity contribution is 6.06. The Labute approximate surface area is 183 Å². The van der Waals surface area contributed by atoms with Gasteiger partial charge in [-0.1, -0.05) is 48.5 Å². The number of Topliss-reactive ketones (excluding diaryl/α,β-unsaturated/α-hetero) is 1. The number of para-hydroxylation sites is 1. The molecule has 32 heavy (non-hydrogen) atoms. The van der Waals surface area contributed by atoms with Gasteiger partial charge >= 0.3 is 5.97 Å². The lowest BCUT2D eigenvalue weighted by atomic mass is 10.0. The van der Waals surface area contributed by atoms with Gasteiger partial charge in [-0.3, -0.25) is 14.9 Å². The average molecular weight is 426 g/mol. The first-order valence-corrected chi connectivity index (χ1v) is 9.84. The zero-order valence-corrected chi connectivity index (χ0v) is 17.1. The Kier molecular flexibility index (Phi) is 5.72. The highest BCUT2D eigenvalue weighted by Gasteiger charge is 2.18. The molecule has 0 saturated carbocycles. The Balaban J connectivity index is 1.62. The smallest absolute Gasteiger partial charge is 0.339 e. The first kappa shape index (κ1) is 20.9. The van der Waals surface area contributed by atoms with Crippen LogP contribution in [-0.4, -0.2) is 28.3 Å². The Morgan fingerprint density at radius 2 is 1.69 bits per heavy atom. The maximum atomic E-state index is 12.9. The number of pyridine rings is 1. The van der Waals surface area contributed by atoms with Crippen molar-refractivity contribution < 1.29 is 19.2 Å². The molecular formula is C25H18N2O5. The average Bonchev–Trinajstić information content (AvgIpc) is 2.82. The van der Waals surface area contributed by atoms with E-state index in [9.17, 15) is 19.7 Å². The van der Waals surface area contributed by atoms with Crippen molar-refractivity contribution >= 4 is 28.3 Å². The summed E-state index contributed by atoms with van der Waals surface area (Å²) in [5.41, 5.74) is 3.50. The van der Waals surface area contributed by atoms with Crippen LogP contribution < -0.4 is 0 Å². The molecule has 0 spiro atoms. The van der Waals surface area contributed by atoms with Crippen LogP contribution in [0.15, 0.2) is 78.9 Å². The van der Waals surface area contributed by atoms with Crippen molar-refractivity contribution in [3.63, 3.8) is 0 Å². The van der Waals surface area contributed by atoms with Gasteiger partial charge in [-0.15, -0.1) is 0 Å². The minimum Gasteiger partial charge on any atom is -0.454 e. The maximum Gasteiger partial charge on any atom is 0.339 e. The summed E-state index contributed by atoms with van der Waals surface area (Å²) in [4.78, 5) is 40.3. The molecule has 0 aliphatic carbocycles. The van der Waals surface area contributed by atoms with Crippen molar-refractivity contribution in [2.75, 3.05) is 6.61 Å². The van der Waals surface area contributed by atoms with Gasteiger partial charge in [0.1, 0.15) is 0 Å². The van der Waals surface area contributed by atoms with E-state index < -0.39 is 23.3 Å². The quantitative estimate of drug-likeness (QED) is 0.183. The number of nitro benzene ring substituents is 1. The number of hydrogen-bond acceptors (Lipinski definition) is 6. The molecule has 1 heterocycles. The molecule has 0 aliphatic heterocycles. The third kappa shape index (κ3) is 4.22. The maximum absolute atomic E-state index is 12.9. The van der Waals surface area contributed by atoms with Crippen molar-refractivity contribution in [2.24, 2.45) is 0 Å². The van der Waals surface area contributed by atoms with Crippen molar-refractivity contribution in [3.05, 3.63) is 106 Å². The summed E-state index contributed by atoms with van der Waals surface area (Å²) in [5, 5.41) is 11.4. The van der Waals surface area contributed by atoms with Crippen LogP contribution >= 0.6 is 0 Å². The Morgan fingerprint density at radius 3 is 2.38 bits per heavy atom. The van der Waals surface area contributed by atoms with Gasteiger partial charge in [0, 0.05) is 28.6 Å². The lowest BCUT2D eigenvalue weighted by Gasteiger charge is -2.11. The van der Waals surface area contributed by atoms with Gasteiger partial charge in [0.2, 0.25) is 0 Å². The minimum absolute atomic E-state index is 0.120. The summed E-state index contributed by atoms with van der Waals surface area (Å²) >= 11 is 0. The van der Waals surface area contributed by atoms with Gasteiger partial charge in [0.25, 0.3) is 5.69 Å². The van der Waals surface area contributed by atoms with Crippen LogP contribution in [0.5, 0.6) is 0 Å². The number of ether oxygens (including phenoxy) is 1. The van der Waals surface area contributed by atoms with Crippen molar-refractivity contribution in [1.29, 1.82) is 0 Å². The second-order valence-corrected chi connectivity index (χ2v) is 7.20. The van der Waals surface area contributed by atoms with Gasteiger partial charge in [0.05, 0.1) is 21.7 Å². The van der Waals surface area contributed by atoms with Crippen LogP contribution in [0.3, 0.4) is 0 Å². The van der Waals surface area contributed by atoms with Crippen LogP contribution in [0.1, 0.15) is 26.3 Å². The molecule has 0 radical (unpaired) electrons. The van der Waals surface area contributed by atoms with E-state index in [0.717, 1.165) is 11.1 Å². The van der Waals surface area contributed by atoms with E-state index >= 15 is 0 Å². The monoisotopic (exact) mass is 426 g/mol. The van der Waals surface area contributed by atoms with Crippen molar-refractivity contribution in [1.82, 2.24) is 4.98 Å². The highest BCUT2D eigenvalue weighted by Crippen LogP contribution is 2.27. The van der Waals surface area contributed by atoms with Crippen LogP contribution in [0.4, 0.5) is 5.69 Å². The summed E-state index contributed by atoms with van der Waals surface area (Å²) in [6, 6.07) is 21.8. The van der Waals surface area contributed by atoms with E-state index in [0.29, 0.717) is 22.2 Å². The molecule has 1 aromatic heterocycles. The molecule has 0 saturated heterocycles. The minimum atomic E-state index is -0.643. The molecule has 0 unspecified atom stereocenters. The second kappa shape index (κ2) is 8.77. The lowest BCUT2D eigenvalue weighted by molar-refractivity contribution is -0.384. The molecule has 0 fully saturated rings. The van der Waals surface area contributed by atoms with E-state index in [1.807, 2.05) is 49.4 Å². The summed E-state index contributed by atoms with van der Waals surface area (Å²) in [6.07, 6.45) is 0. The fourth-order valence-corrected chi connectivity index (χ4v) is 3.38. The third-order valence-electron chi connectivity index (χ3n) is 5.07. The van der Waals surface area contributed by atoms with Gasteiger partial charge in [0.15, 0.2) is 12.4 Å². The molecule has 0 bridgehead atoms. The number of esters is 1. The predicted octanol–water partition coefficient (Wildman–Crippen LogP) is 5.16. The molecular weight excluding hydrogens is 408 g/mol. The highest BCUT2D eigenvalue weighted by atomic mass is 16.6. The number of ketones is 1. The lowest BCUT2D eigenvalue weighted by Crippen LogP contribution is -2.15. The molecule has 7 nitrogen and oxygen atoms in total. The van der Waals surface area contributed by atoms with Crippen molar-refractivity contribution in [2.45, 2.75) is 6.92 Å². The van der Waals surface area contributed by atoms with Crippen molar-refractivity contribution in [3.8, 4) is 11.3 Å². The first-order chi connectivity index (χ1) is 15.4. The van der Waals surface area contributed by atoms with E-state index in [1.54, 1.807) is 12.1 Å². The third-order valence-corrected chi connectivity index (χ3v) is 5.07. The van der Waals surface area contributed by atoms with Crippen LogP contribution in [0.2, 0.25) is 0 Å². The Morgan fingerprint density at radius 1 is 0.969 bits per heavy atom. The number of non-ortho nitro benzene ring substituents is 1. The summed E-state index contributed by atoms with van der Waals surface area (Å²) < 4.78 is 5.31. The molecule has 0 aliphatic rings. The zero-order valence-electron chi connectivity index (χ0n) is 17.1. The molecule has 158 valence electrons. The molecule has 0 amide bonds. The molecule has 3 aromatic carbocycles. The fourth-order valence-electron chi connectivity index (χ4n) is 3.38. The number of aryl methyl sites for hydroxylation is 1. The number of benzene rings is 3. The Hall–Kier alpha value is -4.39. The Bertz CT molecular complexity index is 1330. The topological polar surface area (TPSA) is 99.4 Å². The largest absolute Gasteiger partial charge is 0.454 e. The van der Waals surface area contributed by atoms with Gasteiger partial charge in [-0.25, -0.2) is 9.78 Å². The summed E-state index contributed by atoms with van der Waals surface area (Å²) in [6.45, 7) is 1.43. The normalized spacial score (nSPS) is 10.7. The molecule has 4 rings (SSSR count). The number of carbonyl (C=O) groups is 2. The van der Waals surface area contributed by atoms with Gasteiger partial charge in [-0.05, 0) is 30.7 Å². The number of nitro groups is 1. The molecule has 0 atom stereocenters. The van der Waals surface area contributed by atoms with Crippen LogP contribution in [0, 0.1) is 17.0 Å². The summed E-state index contributed by atoms with van der Waals surface area (Å²) in [5.74, 6) is -1.10. The number of hydrogen-bond donors (Lipinski definition) is 0. The van der Waals surface area contributed by atoms with Crippen LogP contribution in [0.25, 0.3) is 22.2 Å². The number of carbonyl (C=O) groups excluding carboxylic acids is 2. The van der Waals surface area contributed by atoms with E-state index in [4.69, 9.17) is 9.72 Å². The van der Waals surface area contributed by atoms with E-state index in [1.165, 1.54) is 24.3 Å². The molecule has 7 heteroatoms. The fraction of sp³-hybridized carbons (Fsp3) is 0.0800. The van der Waals surface area contributed by atoms with E-state index in [-0.39, 0.29) is 11.3 Å². The standard InChI is InChI=1S/C25H18N2O5/c1-16-6-5-9-20-21(14-22(26-24(16)20)17-7-3-2-4-8-17)25(29)32-15-23(28)18-10-12-19(13-11-18)27(30)31/h2-14H,15H2,1H3. The molecule has 4 aromatic rings. The second-order valence-electron chi connectivity index (χ2n) is 7.20. The SMILES string of the molecule is Cc1cccc2c(C(=O)OCC(=O)c3ccc([N+](=O)[O-])cc3)cc(-c3ccccc3)nc12. The number of fused-ring (bicyclic) bond motifs is 1. The first-order valence-electron chi connectivity index (χ1n) is 9.84. The number of aromatic nitrogens is 1. The van der Waals surface area contributed by atoms with Gasteiger partial charge in [-0.2, -0.15) is 0 Å². The van der Waals surface area contributed by atoms with Gasteiger partial charge < -0.3 is 4.74 Å². The predicted molar refractivity (Wildman–Crippen MR) is 120 cm³/mol. The van der Waals surface area contributed by atoms with E-state index in [2.05, 4.69) is 0 Å². The zero-order chi connectivity index (χ0) is 22.7. The number of nitrogens with zero attached hydrogens (tertiary/aromatic N) is 2. The summed E-state index contributed by atoms with van der Waals surface area (Å²) in [7, 11) is 0. The van der Waals surface area contributed by atoms with Crippen LogP contribution in [-0.2, 0) is 4.74 Å².